The van der Waals surface area contributed by atoms with E-state index in [1.807, 2.05) is 6.92 Å². The molecule has 0 aromatic carbocycles. The molecule has 1 unspecified atom stereocenters. The van der Waals surface area contributed by atoms with Crippen LogP contribution in [-0.4, -0.2) is 62.4 Å². The lowest BCUT2D eigenvalue weighted by Gasteiger charge is -2.32. The van der Waals surface area contributed by atoms with Crippen LogP contribution in [0.4, 0.5) is 0 Å². The number of carbonyl (C=O) groups is 2. The Kier molecular flexibility index (Phi) is 5.99. The molecule has 1 amide bonds. The first-order valence-corrected chi connectivity index (χ1v) is 7.71. The third kappa shape index (κ3) is 4.41. The van der Waals surface area contributed by atoms with Gasteiger partial charge in [0.1, 0.15) is 6.10 Å². The lowest BCUT2D eigenvalue weighted by molar-refractivity contribution is -0.154. The Morgan fingerprint density at radius 1 is 1.14 bits per heavy atom. The van der Waals surface area contributed by atoms with Crippen LogP contribution in [0.25, 0.3) is 0 Å². The fourth-order valence-corrected chi connectivity index (χ4v) is 2.99. The summed E-state index contributed by atoms with van der Waals surface area (Å²) in [4.78, 5) is 25.5. The number of hydrogen-bond donors (Lipinski definition) is 0. The average molecular weight is 299 g/mol. The molecule has 120 valence electrons. The van der Waals surface area contributed by atoms with Crippen molar-refractivity contribution >= 4 is 11.9 Å². The summed E-state index contributed by atoms with van der Waals surface area (Å²) in [5, 5.41) is 0. The highest BCUT2D eigenvalue weighted by atomic mass is 16.5. The summed E-state index contributed by atoms with van der Waals surface area (Å²) in [5.41, 5.74) is 0. The quantitative estimate of drug-likeness (QED) is 0.724. The average Bonchev–Trinajstić information content (AvgIpc) is 2.55. The minimum absolute atomic E-state index is 0.0138. The molecule has 0 radical (unpaired) electrons. The fourth-order valence-electron chi connectivity index (χ4n) is 2.99. The van der Waals surface area contributed by atoms with Crippen molar-refractivity contribution in [1.82, 2.24) is 4.90 Å². The number of nitrogens with zero attached hydrogens (tertiary/aromatic N) is 1. The Bertz CT molecular complexity index is 359. The van der Waals surface area contributed by atoms with Crippen molar-refractivity contribution in [3.05, 3.63) is 0 Å². The van der Waals surface area contributed by atoms with Crippen LogP contribution in [0.1, 0.15) is 32.6 Å². The van der Waals surface area contributed by atoms with Crippen molar-refractivity contribution in [2.45, 2.75) is 44.8 Å². The van der Waals surface area contributed by atoms with Crippen LogP contribution in [0.5, 0.6) is 0 Å². The van der Waals surface area contributed by atoms with Gasteiger partial charge >= 0.3 is 5.97 Å². The topological polar surface area (TPSA) is 65.1 Å². The molecule has 0 aromatic heterocycles. The van der Waals surface area contributed by atoms with E-state index < -0.39 is 6.10 Å². The molecule has 1 saturated heterocycles. The third-order valence-electron chi connectivity index (χ3n) is 4.28. The molecule has 0 spiro atoms. The maximum atomic E-state index is 12.3. The maximum absolute atomic E-state index is 12.3. The van der Waals surface area contributed by atoms with Gasteiger partial charge in [0.25, 0.3) is 5.91 Å². The second kappa shape index (κ2) is 7.75. The molecule has 21 heavy (non-hydrogen) atoms. The second-order valence-electron chi connectivity index (χ2n) is 5.71. The van der Waals surface area contributed by atoms with Crippen LogP contribution in [0.3, 0.4) is 0 Å². The molecule has 0 bridgehead atoms. The first-order chi connectivity index (χ1) is 10.1. The van der Waals surface area contributed by atoms with E-state index in [4.69, 9.17) is 14.2 Å². The number of ether oxygens (including phenoxy) is 3. The summed E-state index contributed by atoms with van der Waals surface area (Å²) in [7, 11) is 1.42. The van der Waals surface area contributed by atoms with Crippen LogP contribution < -0.4 is 0 Å². The highest BCUT2D eigenvalue weighted by Crippen LogP contribution is 2.28. The molecule has 2 fully saturated rings. The highest BCUT2D eigenvalue weighted by Gasteiger charge is 2.30. The monoisotopic (exact) mass is 299 g/mol. The molecule has 1 aliphatic heterocycles. The van der Waals surface area contributed by atoms with E-state index in [0.717, 1.165) is 25.7 Å². The van der Waals surface area contributed by atoms with Crippen molar-refractivity contribution in [2.75, 3.05) is 33.4 Å². The van der Waals surface area contributed by atoms with Gasteiger partial charge in [-0.3, -0.25) is 9.59 Å². The lowest BCUT2D eigenvalue weighted by Crippen LogP contribution is -2.46. The number of hydrogen-bond acceptors (Lipinski definition) is 5. The molecule has 1 heterocycles. The van der Waals surface area contributed by atoms with Crippen molar-refractivity contribution in [3.63, 3.8) is 0 Å². The molecule has 1 saturated carbocycles. The van der Waals surface area contributed by atoms with E-state index in [0.29, 0.717) is 26.3 Å². The molecule has 6 nitrogen and oxygen atoms in total. The van der Waals surface area contributed by atoms with E-state index in [9.17, 15) is 9.59 Å². The largest absolute Gasteiger partial charge is 0.469 e. The van der Waals surface area contributed by atoms with Crippen molar-refractivity contribution in [1.29, 1.82) is 0 Å². The normalized spacial score (nSPS) is 28.0. The zero-order chi connectivity index (χ0) is 15.2. The van der Waals surface area contributed by atoms with Gasteiger partial charge in [0.2, 0.25) is 0 Å². The molecule has 2 rings (SSSR count). The number of carbonyl (C=O) groups excluding carboxylic acids is 2. The van der Waals surface area contributed by atoms with Crippen molar-refractivity contribution < 1.29 is 23.8 Å². The Morgan fingerprint density at radius 2 is 1.76 bits per heavy atom. The molecule has 1 atom stereocenters. The Balaban J connectivity index is 1.74. The van der Waals surface area contributed by atoms with Gasteiger partial charge < -0.3 is 19.1 Å². The van der Waals surface area contributed by atoms with E-state index in [-0.39, 0.29) is 23.9 Å². The van der Waals surface area contributed by atoms with Gasteiger partial charge in [0.15, 0.2) is 0 Å². The first kappa shape index (κ1) is 16.2. The molecule has 2 aliphatic rings. The standard InChI is InChI=1S/C15H25NO5/c1-11(14(17)16-7-9-20-10-8-16)21-13-5-3-12(4-6-13)15(18)19-2/h11-13H,3-10H2,1-2H3. The molecular formula is C15H25NO5. The Labute approximate surface area is 125 Å². The van der Waals surface area contributed by atoms with Crippen LogP contribution >= 0.6 is 0 Å². The summed E-state index contributed by atoms with van der Waals surface area (Å²) in [6.07, 6.45) is 2.79. The van der Waals surface area contributed by atoms with Crippen LogP contribution in [0.2, 0.25) is 0 Å². The van der Waals surface area contributed by atoms with Gasteiger partial charge in [-0.1, -0.05) is 0 Å². The van der Waals surface area contributed by atoms with Crippen molar-refractivity contribution in [3.8, 4) is 0 Å². The van der Waals surface area contributed by atoms with Gasteiger partial charge in [-0.2, -0.15) is 0 Å². The number of morpholine rings is 1. The van der Waals surface area contributed by atoms with Gasteiger partial charge in [-0.15, -0.1) is 0 Å². The van der Waals surface area contributed by atoms with E-state index in [2.05, 4.69) is 0 Å². The van der Waals surface area contributed by atoms with Crippen molar-refractivity contribution in [2.24, 2.45) is 5.92 Å². The van der Waals surface area contributed by atoms with Gasteiger partial charge in [0.05, 0.1) is 32.3 Å². The van der Waals surface area contributed by atoms with Gasteiger partial charge in [-0.25, -0.2) is 0 Å². The zero-order valence-electron chi connectivity index (χ0n) is 12.9. The Hall–Kier alpha value is -1.14. The predicted octanol–water partition coefficient (Wildman–Crippen LogP) is 0.982. The SMILES string of the molecule is COC(=O)C1CCC(OC(C)C(=O)N2CCOCC2)CC1. The summed E-state index contributed by atoms with van der Waals surface area (Å²) in [6.45, 7) is 4.29. The summed E-state index contributed by atoms with van der Waals surface area (Å²) in [5.74, 6) is -0.112. The highest BCUT2D eigenvalue weighted by molar-refractivity contribution is 5.80. The zero-order valence-corrected chi connectivity index (χ0v) is 12.9. The van der Waals surface area contributed by atoms with Crippen LogP contribution in [0, 0.1) is 5.92 Å². The lowest BCUT2D eigenvalue weighted by atomic mass is 9.87. The predicted molar refractivity (Wildman–Crippen MR) is 75.7 cm³/mol. The maximum Gasteiger partial charge on any atom is 0.308 e. The molecule has 0 aromatic rings. The minimum Gasteiger partial charge on any atom is -0.469 e. The third-order valence-corrected chi connectivity index (χ3v) is 4.28. The molecule has 1 aliphatic carbocycles. The van der Waals surface area contributed by atoms with Crippen LogP contribution in [-0.2, 0) is 23.8 Å². The first-order valence-electron chi connectivity index (χ1n) is 7.71. The van der Waals surface area contributed by atoms with Gasteiger partial charge in [-0.05, 0) is 32.6 Å². The second-order valence-corrected chi connectivity index (χ2v) is 5.71. The smallest absolute Gasteiger partial charge is 0.308 e. The summed E-state index contributed by atoms with van der Waals surface area (Å²) >= 11 is 0. The minimum atomic E-state index is -0.428. The van der Waals surface area contributed by atoms with Gasteiger partial charge in [0, 0.05) is 13.1 Å². The number of rotatable bonds is 4. The summed E-state index contributed by atoms with van der Waals surface area (Å²) in [6, 6.07) is 0. The van der Waals surface area contributed by atoms with Crippen LogP contribution in [0.15, 0.2) is 0 Å². The molecular weight excluding hydrogens is 274 g/mol. The number of esters is 1. The van der Waals surface area contributed by atoms with E-state index in [1.54, 1.807) is 4.90 Å². The molecule has 6 heteroatoms. The van der Waals surface area contributed by atoms with E-state index >= 15 is 0 Å². The molecule has 0 N–H and O–H groups in total. The van der Waals surface area contributed by atoms with E-state index in [1.165, 1.54) is 7.11 Å². The summed E-state index contributed by atoms with van der Waals surface area (Å²) < 4.78 is 15.9. The Morgan fingerprint density at radius 3 is 2.33 bits per heavy atom. The number of amides is 1. The number of methoxy groups -OCH3 is 1. The fraction of sp³-hybridized carbons (Fsp3) is 0.867.